The molecule has 0 radical (unpaired) electrons. The Morgan fingerprint density at radius 2 is 2.07 bits per heavy atom. The van der Waals surface area contributed by atoms with Crippen LogP contribution < -0.4 is 4.74 Å². The Morgan fingerprint density at radius 1 is 1.43 bits per heavy atom. The summed E-state index contributed by atoms with van der Waals surface area (Å²) in [7, 11) is 0. The highest BCUT2D eigenvalue weighted by molar-refractivity contribution is 5.60. The van der Waals surface area contributed by atoms with Crippen molar-refractivity contribution in [2.24, 2.45) is 0 Å². The number of alkyl halides is 2. The maximum Gasteiger partial charge on any atom is 0.386 e. The maximum absolute atomic E-state index is 12.9. The molecule has 3 nitrogen and oxygen atoms in total. The number of phenols is 1. The average Bonchev–Trinajstić information content (AvgIpc) is 2.01. The maximum atomic E-state index is 12.9. The lowest BCUT2D eigenvalue weighted by Gasteiger charge is -2.07. The van der Waals surface area contributed by atoms with E-state index in [4.69, 9.17) is 11.7 Å². The zero-order valence-corrected chi connectivity index (χ0v) is 6.67. The first-order chi connectivity index (χ1) is 6.54. The Kier molecular flexibility index (Phi) is 2.82. The second-order valence-electron chi connectivity index (χ2n) is 2.26. The summed E-state index contributed by atoms with van der Waals surface area (Å²) in [5, 5.41) is 8.86. The molecule has 1 aromatic carbocycles. The molecule has 0 bridgehead atoms. The molecule has 0 unspecified atom stereocenters. The molecule has 1 aromatic rings. The number of nitrogens with zero attached hydrogens (tertiary/aromatic N) is 1. The van der Waals surface area contributed by atoms with Crippen molar-refractivity contribution in [3.8, 4) is 11.5 Å². The van der Waals surface area contributed by atoms with Crippen molar-refractivity contribution >= 4 is 5.69 Å². The van der Waals surface area contributed by atoms with E-state index in [1.54, 1.807) is 0 Å². The third-order valence-electron chi connectivity index (χ3n) is 1.34. The monoisotopic (exact) mass is 203 g/mol. The smallest absolute Gasteiger partial charge is 0.386 e. The lowest BCUT2D eigenvalue weighted by molar-refractivity contribution is -0.0494. The van der Waals surface area contributed by atoms with Crippen molar-refractivity contribution in [2.45, 2.75) is 6.61 Å². The van der Waals surface area contributed by atoms with Gasteiger partial charge in [0, 0.05) is 12.1 Å². The third-order valence-corrected chi connectivity index (χ3v) is 1.34. The summed E-state index contributed by atoms with van der Waals surface area (Å²) in [5.74, 6) is -2.35. The molecule has 0 aromatic heterocycles. The molecule has 6 heteroatoms. The summed E-state index contributed by atoms with van der Waals surface area (Å²) in [6.07, 6.45) is 0. The first-order valence-corrected chi connectivity index (χ1v) is 3.39. The molecule has 0 amide bonds. The topological polar surface area (TPSA) is 33.8 Å². The molecule has 1 rings (SSSR count). The van der Waals surface area contributed by atoms with Crippen LogP contribution in [0.15, 0.2) is 12.1 Å². The van der Waals surface area contributed by atoms with Crippen LogP contribution in [0.25, 0.3) is 4.85 Å². The number of hydrogen-bond acceptors (Lipinski definition) is 2. The van der Waals surface area contributed by atoms with Gasteiger partial charge in [-0.2, -0.15) is 8.78 Å². The van der Waals surface area contributed by atoms with E-state index < -0.39 is 29.6 Å². The van der Waals surface area contributed by atoms with E-state index >= 15 is 0 Å². The number of aromatic hydroxyl groups is 1. The molecule has 0 fully saturated rings. The van der Waals surface area contributed by atoms with Gasteiger partial charge in [0.05, 0.1) is 6.57 Å². The van der Waals surface area contributed by atoms with Crippen LogP contribution in [0, 0.1) is 12.4 Å². The summed E-state index contributed by atoms with van der Waals surface area (Å²) >= 11 is 0. The number of phenolic OH excluding ortho intramolecular Hbond substituents is 1. The van der Waals surface area contributed by atoms with Gasteiger partial charge >= 0.3 is 6.61 Å². The Balaban J connectivity index is 3.20. The number of rotatable bonds is 2. The lowest BCUT2D eigenvalue weighted by Crippen LogP contribution is -2.02. The van der Waals surface area contributed by atoms with E-state index in [-0.39, 0.29) is 0 Å². The van der Waals surface area contributed by atoms with Crippen LogP contribution in [0.4, 0.5) is 18.9 Å². The van der Waals surface area contributed by atoms with Gasteiger partial charge in [-0.05, 0) is 0 Å². The zero-order chi connectivity index (χ0) is 10.7. The van der Waals surface area contributed by atoms with Gasteiger partial charge in [0.25, 0.3) is 5.69 Å². The van der Waals surface area contributed by atoms with E-state index in [1.807, 2.05) is 0 Å². The summed E-state index contributed by atoms with van der Waals surface area (Å²) in [5.41, 5.74) is -0.678. The van der Waals surface area contributed by atoms with Gasteiger partial charge < -0.3 is 9.84 Å². The van der Waals surface area contributed by atoms with E-state index in [0.29, 0.717) is 6.07 Å². The number of hydrogen-bond donors (Lipinski definition) is 1. The molecule has 0 aliphatic heterocycles. The summed E-state index contributed by atoms with van der Waals surface area (Å²) in [6.45, 7) is 3.35. The molecule has 0 aliphatic rings. The fourth-order valence-corrected chi connectivity index (χ4v) is 0.855. The zero-order valence-electron chi connectivity index (χ0n) is 6.67. The van der Waals surface area contributed by atoms with Crippen LogP contribution in [0.2, 0.25) is 0 Å². The number of ether oxygens (including phenoxy) is 1. The highest BCUT2D eigenvalue weighted by atomic mass is 19.3. The SMILES string of the molecule is [C-]#[N+]c1c(F)cc(O)cc1OC(F)F. The minimum atomic E-state index is -3.17. The molecule has 0 spiro atoms. The minimum Gasteiger partial charge on any atom is -0.508 e. The van der Waals surface area contributed by atoms with Crippen LogP contribution >= 0.6 is 0 Å². The molecular weight excluding hydrogens is 199 g/mol. The molecule has 0 saturated heterocycles. The standard InChI is InChI=1S/C8H4F3NO2/c1-12-7-5(9)2-4(13)3-6(7)14-8(10)11/h2-3,8,13H. The quantitative estimate of drug-likeness (QED) is 0.749. The average molecular weight is 203 g/mol. The molecule has 74 valence electrons. The van der Waals surface area contributed by atoms with Crippen LogP contribution in [0.5, 0.6) is 11.5 Å². The van der Waals surface area contributed by atoms with Gasteiger partial charge in [-0.25, -0.2) is 9.24 Å². The van der Waals surface area contributed by atoms with Gasteiger partial charge in [0.15, 0.2) is 0 Å². The van der Waals surface area contributed by atoms with Crippen molar-refractivity contribution in [3.05, 3.63) is 29.4 Å². The minimum absolute atomic E-state index is 0.578. The first-order valence-electron chi connectivity index (χ1n) is 3.39. The van der Waals surface area contributed by atoms with Crippen LogP contribution in [-0.2, 0) is 0 Å². The van der Waals surface area contributed by atoms with E-state index in [9.17, 15) is 13.2 Å². The Labute approximate surface area is 77.2 Å². The van der Waals surface area contributed by atoms with E-state index in [2.05, 4.69) is 9.58 Å². The van der Waals surface area contributed by atoms with Crippen molar-refractivity contribution in [1.82, 2.24) is 0 Å². The second-order valence-corrected chi connectivity index (χ2v) is 2.26. The predicted molar refractivity (Wildman–Crippen MR) is 41.0 cm³/mol. The Bertz CT molecular complexity index is 387. The highest BCUT2D eigenvalue weighted by Crippen LogP contribution is 2.35. The van der Waals surface area contributed by atoms with Crippen molar-refractivity contribution in [3.63, 3.8) is 0 Å². The summed E-state index contributed by atoms with van der Waals surface area (Å²) in [6, 6.07) is 1.40. The van der Waals surface area contributed by atoms with E-state index in [0.717, 1.165) is 6.07 Å². The first kappa shape index (κ1) is 10.2. The molecule has 1 N–H and O–H groups in total. The van der Waals surface area contributed by atoms with Gasteiger partial charge in [-0.1, -0.05) is 0 Å². The summed E-state index contributed by atoms with van der Waals surface area (Å²) < 4.78 is 40.3. The largest absolute Gasteiger partial charge is 0.508 e. The van der Waals surface area contributed by atoms with E-state index in [1.165, 1.54) is 0 Å². The van der Waals surface area contributed by atoms with Crippen molar-refractivity contribution < 1.29 is 23.0 Å². The third kappa shape index (κ3) is 2.07. The molecule has 0 heterocycles. The lowest BCUT2D eigenvalue weighted by atomic mass is 10.2. The van der Waals surface area contributed by atoms with Gasteiger partial charge in [-0.3, -0.25) is 0 Å². The van der Waals surface area contributed by atoms with Gasteiger partial charge in [0.1, 0.15) is 17.3 Å². The van der Waals surface area contributed by atoms with Gasteiger partial charge in [-0.15, -0.1) is 0 Å². The van der Waals surface area contributed by atoms with Gasteiger partial charge in [0.2, 0.25) is 0 Å². The molecule has 0 aliphatic carbocycles. The summed E-state index contributed by atoms with van der Waals surface area (Å²) in [4.78, 5) is 2.67. The number of halogens is 3. The van der Waals surface area contributed by atoms with Crippen LogP contribution in [-0.4, -0.2) is 11.7 Å². The number of benzene rings is 1. The second kappa shape index (κ2) is 3.87. The highest BCUT2D eigenvalue weighted by Gasteiger charge is 2.15. The fourth-order valence-electron chi connectivity index (χ4n) is 0.855. The van der Waals surface area contributed by atoms with Crippen molar-refractivity contribution in [2.75, 3.05) is 0 Å². The molecular formula is C8H4F3NO2. The molecule has 0 atom stereocenters. The molecule has 14 heavy (non-hydrogen) atoms. The normalized spacial score (nSPS) is 9.93. The fraction of sp³-hybridized carbons (Fsp3) is 0.125. The Morgan fingerprint density at radius 3 is 2.57 bits per heavy atom. The predicted octanol–water partition coefficient (Wildman–Crippen LogP) is 2.68. The van der Waals surface area contributed by atoms with Crippen LogP contribution in [0.1, 0.15) is 0 Å². The Hall–Kier alpha value is -1.90. The molecule has 0 saturated carbocycles. The van der Waals surface area contributed by atoms with Crippen molar-refractivity contribution in [1.29, 1.82) is 0 Å². The van der Waals surface area contributed by atoms with Crippen LogP contribution in [0.3, 0.4) is 0 Å².